The molecule has 0 amide bonds. The zero-order valence-electron chi connectivity index (χ0n) is 13.1. The van der Waals surface area contributed by atoms with Gasteiger partial charge < -0.3 is 14.2 Å². The van der Waals surface area contributed by atoms with Crippen molar-refractivity contribution >= 4 is 0 Å². The van der Waals surface area contributed by atoms with Gasteiger partial charge in [0.2, 0.25) is 0 Å². The molecule has 4 rings (SSSR count). The first-order valence-electron chi connectivity index (χ1n) is 8.32. The molecular formula is C17H24N2O3. The summed E-state index contributed by atoms with van der Waals surface area (Å²) in [6.45, 7) is 9.67. The first-order chi connectivity index (χ1) is 10.9. The van der Waals surface area contributed by atoms with E-state index in [4.69, 9.17) is 14.2 Å². The van der Waals surface area contributed by atoms with E-state index in [0.717, 1.165) is 70.4 Å². The van der Waals surface area contributed by atoms with Crippen LogP contribution in [0.4, 0.5) is 0 Å². The number of rotatable bonds is 3. The standard InChI is InChI=1S/C17H24N2O3/c1-2-19(4-3-18-5-7-20-8-6-18)13-15-12-17-16(11-14(1)15)21-9-10-22-17/h11-12H,1-10,13H2. The molecule has 0 saturated carbocycles. The Bertz CT molecular complexity index is 529. The Morgan fingerprint density at radius 1 is 0.773 bits per heavy atom. The van der Waals surface area contributed by atoms with E-state index in [2.05, 4.69) is 21.9 Å². The van der Waals surface area contributed by atoms with Gasteiger partial charge in [0.1, 0.15) is 13.2 Å². The van der Waals surface area contributed by atoms with Gasteiger partial charge in [-0.25, -0.2) is 0 Å². The van der Waals surface area contributed by atoms with Gasteiger partial charge in [-0.15, -0.1) is 0 Å². The molecule has 0 N–H and O–H groups in total. The monoisotopic (exact) mass is 304 g/mol. The molecule has 0 aliphatic carbocycles. The van der Waals surface area contributed by atoms with Crippen molar-refractivity contribution in [2.24, 2.45) is 0 Å². The first kappa shape index (κ1) is 14.3. The highest BCUT2D eigenvalue weighted by atomic mass is 16.6. The molecular weight excluding hydrogens is 280 g/mol. The van der Waals surface area contributed by atoms with Gasteiger partial charge >= 0.3 is 0 Å². The summed E-state index contributed by atoms with van der Waals surface area (Å²) < 4.78 is 16.8. The Balaban J connectivity index is 1.38. The Labute approximate surface area is 131 Å². The number of benzene rings is 1. The van der Waals surface area contributed by atoms with Crippen molar-refractivity contribution in [2.75, 3.05) is 59.2 Å². The van der Waals surface area contributed by atoms with Crippen molar-refractivity contribution in [3.8, 4) is 11.5 Å². The minimum absolute atomic E-state index is 0.659. The fourth-order valence-electron chi connectivity index (χ4n) is 3.45. The number of hydrogen-bond donors (Lipinski definition) is 0. The molecule has 3 aliphatic heterocycles. The summed E-state index contributed by atoms with van der Waals surface area (Å²) in [6.07, 6.45) is 1.11. The zero-order valence-corrected chi connectivity index (χ0v) is 13.1. The fourth-order valence-corrected chi connectivity index (χ4v) is 3.45. The minimum Gasteiger partial charge on any atom is -0.486 e. The van der Waals surface area contributed by atoms with Crippen molar-refractivity contribution in [2.45, 2.75) is 13.0 Å². The normalized spacial score (nSPS) is 22.4. The van der Waals surface area contributed by atoms with E-state index in [1.165, 1.54) is 11.1 Å². The Kier molecular flexibility index (Phi) is 4.19. The summed E-state index contributed by atoms with van der Waals surface area (Å²) in [5.74, 6) is 1.84. The van der Waals surface area contributed by atoms with Crippen molar-refractivity contribution in [3.05, 3.63) is 23.3 Å². The molecule has 0 aromatic heterocycles. The van der Waals surface area contributed by atoms with Gasteiger partial charge in [-0.1, -0.05) is 0 Å². The lowest BCUT2D eigenvalue weighted by Crippen LogP contribution is -2.42. The molecule has 1 aromatic rings. The molecule has 5 heteroatoms. The minimum atomic E-state index is 0.659. The maximum Gasteiger partial charge on any atom is 0.161 e. The first-order valence-corrected chi connectivity index (χ1v) is 8.32. The molecule has 3 heterocycles. The third kappa shape index (κ3) is 3.07. The lowest BCUT2D eigenvalue weighted by atomic mass is 9.98. The topological polar surface area (TPSA) is 34.2 Å². The number of fused-ring (bicyclic) bond motifs is 2. The van der Waals surface area contributed by atoms with Crippen LogP contribution in [0.3, 0.4) is 0 Å². The van der Waals surface area contributed by atoms with E-state index in [0.29, 0.717) is 13.2 Å². The van der Waals surface area contributed by atoms with Gasteiger partial charge in [0.25, 0.3) is 0 Å². The lowest BCUT2D eigenvalue weighted by molar-refractivity contribution is 0.0326. The van der Waals surface area contributed by atoms with Crippen LogP contribution < -0.4 is 9.47 Å². The second-order valence-corrected chi connectivity index (χ2v) is 6.24. The Hall–Kier alpha value is -1.30. The maximum absolute atomic E-state index is 5.71. The Morgan fingerprint density at radius 3 is 2.23 bits per heavy atom. The predicted molar refractivity (Wildman–Crippen MR) is 83.7 cm³/mol. The van der Waals surface area contributed by atoms with Crippen LogP contribution in [-0.2, 0) is 17.7 Å². The number of hydrogen-bond acceptors (Lipinski definition) is 5. The third-order valence-corrected chi connectivity index (χ3v) is 4.79. The SMILES string of the molecule is c1c2c(cc3c1OCCO3)CN(CCN1CCOCC1)CC2. The molecule has 120 valence electrons. The molecule has 5 nitrogen and oxygen atoms in total. The quantitative estimate of drug-likeness (QED) is 0.837. The van der Waals surface area contributed by atoms with Crippen LogP contribution in [0.25, 0.3) is 0 Å². The van der Waals surface area contributed by atoms with Crippen LogP contribution in [-0.4, -0.2) is 69.0 Å². The highest BCUT2D eigenvalue weighted by Crippen LogP contribution is 2.35. The van der Waals surface area contributed by atoms with Gasteiger partial charge in [-0.05, 0) is 29.7 Å². The molecule has 0 bridgehead atoms. The van der Waals surface area contributed by atoms with Crippen LogP contribution >= 0.6 is 0 Å². The largest absolute Gasteiger partial charge is 0.486 e. The number of ether oxygens (including phenoxy) is 3. The lowest BCUT2D eigenvalue weighted by Gasteiger charge is -2.33. The van der Waals surface area contributed by atoms with E-state index in [1.54, 1.807) is 0 Å². The van der Waals surface area contributed by atoms with Crippen molar-refractivity contribution in [1.29, 1.82) is 0 Å². The summed E-state index contributed by atoms with van der Waals surface area (Å²) in [6, 6.07) is 4.37. The average Bonchev–Trinajstić information content (AvgIpc) is 2.59. The third-order valence-electron chi connectivity index (χ3n) is 4.79. The average molecular weight is 304 g/mol. The van der Waals surface area contributed by atoms with E-state index >= 15 is 0 Å². The zero-order chi connectivity index (χ0) is 14.8. The van der Waals surface area contributed by atoms with Crippen LogP contribution in [0.2, 0.25) is 0 Å². The van der Waals surface area contributed by atoms with Gasteiger partial charge in [0.05, 0.1) is 13.2 Å². The fraction of sp³-hybridized carbons (Fsp3) is 0.647. The highest BCUT2D eigenvalue weighted by Gasteiger charge is 2.22. The summed E-state index contributed by atoms with van der Waals surface area (Å²) in [7, 11) is 0. The van der Waals surface area contributed by atoms with E-state index < -0.39 is 0 Å². The van der Waals surface area contributed by atoms with E-state index in [-0.39, 0.29) is 0 Å². The van der Waals surface area contributed by atoms with Crippen LogP contribution in [0, 0.1) is 0 Å². The van der Waals surface area contributed by atoms with Crippen LogP contribution in [0.1, 0.15) is 11.1 Å². The van der Waals surface area contributed by atoms with Gasteiger partial charge in [-0.2, -0.15) is 0 Å². The number of nitrogens with zero attached hydrogens (tertiary/aromatic N) is 2. The van der Waals surface area contributed by atoms with E-state index in [1.807, 2.05) is 0 Å². The number of morpholine rings is 1. The summed E-state index contributed by atoms with van der Waals surface area (Å²) in [5, 5.41) is 0. The second kappa shape index (κ2) is 6.44. The smallest absolute Gasteiger partial charge is 0.161 e. The highest BCUT2D eigenvalue weighted by molar-refractivity contribution is 5.48. The van der Waals surface area contributed by atoms with Gasteiger partial charge in [0.15, 0.2) is 11.5 Å². The molecule has 0 spiro atoms. The molecule has 1 saturated heterocycles. The van der Waals surface area contributed by atoms with E-state index in [9.17, 15) is 0 Å². The second-order valence-electron chi connectivity index (χ2n) is 6.24. The van der Waals surface area contributed by atoms with Crippen molar-refractivity contribution in [1.82, 2.24) is 9.80 Å². The molecule has 1 fully saturated rings. The Morgan fingerprint density at radius 2 is 1.45 bits per heavy atom. The molecule has 0 radical (unpaired) electrons. The van der Waals surface area contributed by atoms with Crippen LogP contribution in [0.15, 0.2) is 12.1 Å². The van der Waals surface area contributed by atoms with Crippen LogP contribution in [0.5, 0.6) is 11.5 Å². The molecule has 3 aliphatic rings. The molecule has 1 aromatic carbocycles. The van der Waals surface area contributed by atoms with Gasteiger partial charge in [-0.3, -0.25) is 9.80 Å². The van der Waals surface area contributed by atoms with Crippen molar-refractivity contribution < 1.29 is 14.2 Å². The molecule has 0 unspecified atom stereocenters. The van der Waals surface area contributed by atoms with Gasteiger partial charge in [0, 0.05) is 39.3 Å². The maximum atomic E-state index is 5.71. The predicted octanol–water partition coefficient (Wildman–Crippen LogP) is 1.15. The summed E-state index contributed by atoms with van der Waals surface area (Å²) >= 11 is 0. The molecule has 22 heavy (non-hydrogen) atoms. The van der Waals surface area contributed by atoms with Crippen molar-refractivity contribution in [3.63, 3.8) is 0 Å². The summed E-state index contributed by atoms with van der Waals surface area (Å²) in [4.78, 5) is 5.05. The summed E-state index contributed by atoms with van der Waals surface area (Å²) in [5.41, 5.74) is 2.82. The molecule has 0 atom stereocenters.